The van der Waals surface area contributed by atoms with Gasteiger partial charge in [-0.25, -0.2) is 13.1 Å². The first-order chi connectivity index (χ1) is 9.16. The molecule has 5 nitrogen and oxygen atoms in total. The van der Waals surface area contributed by atoms with Crippen LogP contribution in [0, 0.1) is 0 Å². The van der Waals surface area contributed by atoms with E-state index in [1.54, 1.807) is 11.8 Å². The molecule has 1 aromatic rings. The van der Waals surface area contributed by atoms with Crippen LogP contribution in [0.1, 0.15) is 19.4 Å². The molecule has 0 radical (unpaired) electrons. The van der Waals surface area contributed by atoms with Crippen molar-refractivity contribution >= 4 is 27.8 Å². The van der Waals surface area contributed by atoms with Crippen molar-refractivity contribution in [2.24, 2.45) is 0 Å². The van der Waals surface area contributed by atoms with Gasteiger partial charge in [-0.2, -0.15) is 11.8 Å². The van der Waals surface area contributed by atoms with Gasteiger partial charge >= 0.3 is 5.97 Å². The van der Waals surface area contributed by atoms with Gasteiger partial charge in [-0.05, 0) is 37.8 Å². The molecule has 0 fully saturated rings. The monoisotopic (exact) mass is 317 g/mol. The van der Waals surface area contributed by atoms with Crippen molar-refractivity contribution in [1.82, 2.24) is 4.72 Å². The lowest BCUT2D eigenvalue weighted by Crippen LogP contribution is -2.36. The summed E-state index contributed by atoms with van der Waals surface area (Å²) in [6, 6.07) is 5.88. The zero-order chi connectivity index (χ0) is 15.4. The van der Waals surface area contributed by atoms with Crippen molar-refractivity contribution in [3.05, 3.63) is 29.8 Å². The molecule has 0 unspecified atom stereocenters. The normalized spacial score (nSPS) is 12.3. The summed E-state index contributed by atoms with van der Waals surface area (Å²) in [4.78, 5) is 10.7. The third-order valence-electron chi connectivity index (χ3n) is 2.83. The van der Waals surface area contributed by atoms with Crippen molar-refractivity contribution in [3.63, 3.8) is 0 Å². The van der Waals surface area contributed by atoms with E-state index >= 15 is 0 Å². The van der Waals surface area contributed by atoms with E-state index in [9.17, 15) is 13.2 Å². The van der Waals surface area contributed by atoms with Crippen LogP contribution in [-0.4, -0.2) is 37.0 Å². The van der Waals surface area contributed by atoms with Crippen molar-refractivity contribution in [2.45, 2.75) is 29.9 Å². The molecule has 0 aliphatic carbocycles. The second-order valence-electron chi connectivity index (χ2n) is 5.00. The lowest BCUT2D eigenvalue weighted by molar-refractivity contribution is -0.136. The maximum absolute atomic E-state index is 12.1. The Morgan fingerprint density at radius 3 is 2.30 bits per heavy atom. The summed E-state index contributed by atoms with van der Waals surface area (Å²) in [7, 11) is -3.56. The zero-order valence-corrected chi connectivity index (χ0v) is 13.3. The summed E-state index contributed by atoms with van der Waals surface area (Å²) >= 11 is 1.58. The Morgan fingerprint density at radius 2 is 1.85 bits per heavy atom. The summed E-state index contributed by atoms with van der Waals surface area (Å²) in [5.74, 6) is -0.944. The SMILES string of the molecule is CSC(C)(C)CNS(=O)(=O)c1ccc(CC(=O)O)cc1. The number of hydrogen-bond acceptors (Lipinski definition) is 4. The van der Waals surface area contributed by atoms with Crippen LogP contribution < -0.4 is 4.72 Å². The van der Waals surface area contributed by atoms with Crippen molar-refractivity contribution < 1.29 is 18.3 Å². The molecule has 0 aromatic heterocycles. The number of benzene rings is 1. The van der Waals surface area contributed by atoms with Gasteiger partial charge < -0.3 is 5.11 Å². The smallest absolute Gasteiger partial charge is 0.307 e. The molecule has 0 atom stereocenters. The van der Waals surface area contributed by atoms with E-state index in [4.69, 9.17) is 5.11 Å². The van der Waals surface area contributed by atoms with Crippen LogP contribution in [-0.2, 0) is 21.2 Å². The molecule has 20 heavy (non-hydrogen) atoms. The molecular formula is C13H19NO4S2. The molecule has 0 amide bonds. The number of nitrogens with one attached hydrogen (secondary N) is 1. The molecule has 2 N–H and O–H groups in total. The van der Waals surface area contributed by atoms with Gasteiger partial charge in [-0.15, -0.1) is 0 Å². The van der Waals surface area contributed by atoms with E-state index in [1.165, 1.54) is 24.3 Å². The number of aliphatic carboxylic acids is 1. The number of carboxylic acid groups (broad SMARTS) is 1. The Kier molecular flexibility index (Phi) is 5.61. The third-order valence-corrected chi connectivity index (χ3v) is 5.50. The van der Waals surface area contributed by atoms with Crippen molar-refractivity contribution in [3.8, 4) is 0 Å². The Morgan fingerprint density at radius 1 is 1.30 bits per heavy atom. The Bertz CT molecular complexity index is 565. The highest BCUT2D eigenvalue weighted by atomic mass is 32.2. The molecule has 0 aliphatic rings. The Balaban J connectivity index is 2.80. The van der Waals surface area contributed by atoms with Gasteiger partial charge in [0.15, 0.2) is 0 Å². The highest BCUT2D eigenvalue weighted by molar-refractivity contribution is 8.00. The van der Waals surface area contributed by atoms with Crippen LogP contribution >= 0.6 is 11.8 Å². The maximum atomic E-state index is 12.1. The van der Waals surface area contributed by atoms with Crippen LogP contribution in [0.3, 0.4) is 0 Å². The lowest BCUT2D eigenvalue weighted by atomic mass is 10.2. The standard InChI is InChI=1S/C13H19NO4S2/c1-13(2,19-3)9-14-20(17,18)11-6-4-10(5-7-11)8-12(15)16/h4-7,14H,8-9H2,1-3H3,(H,15,16). The van der Waals surface area contributed by atoms with E-state index in [0.717, 1.165) is 0 Å². The maximum Gasteiger partial charge on any atom is 0.307 e. The first kappa shape index (κ1) is 17.0. The van der Waals surface area contributed by atoms with Gasteiger partial charge in [-0.1, -0.05) is 12.1 Å². The van der Waals surface area contributed by atoms with Gasteiger partial charge in [0.1, 0.15) is 0 Å². The molecule has 7 heteroatoms. The van der Waals surface area contributed by atoms with E-state index in [1.807, 2.05) is 20.1 Å². The summed E-state index contributed by atoms with van der Waals surface area (Å²) in [5.41, 5.74) is 0.570. The van der Waals surface area contributed by atoms with Crippen molar-refractivity contribution in [2.75, 3.05) is 12.8 Å². The average Bonchev–Trinajstić information content (AvgIpc) is 2.37. The quantitative estimate of drug-likeness (QED) is 0.800. The first-order valence-electron chi connectivity index (χ1n) is 6.02. The molecule has 0 saturated carbocycles. The zero-order valence-electron chi connectivity index (χ0n) is 11.7. The van der Waals surface area contributed by atoms with Gasteiger partial charge in [0, 0.05) is 11.3 Å². The Labute approximate surface area is 123 Å². The first-order valence-corrected chi connectivity index (χ1v) is 8.73. The van der Waals surface area contributed by atoms with E-state index in [2.05, 4.69) is 4.72 Å². The van der Waals surface area contributed by atoms with Gasteiger partial charge in [0.2, 0.25) is 10.0 Å². The number of carbonyl (C=O) groups is 1. The predicted molar refractivity (Wildman–Crippen MR) is 80.6 cm³/mol. The van der Waals surface area contributed by atoms with E-state index in [-0.39, 0.29) is 16.1 Å². The number of thioether (sulfide) groups is 1. The topological polar surface area (TPSA) is 83.5 Å². The highest BCUT2D eigenvalue weighted by Crippen LogP contribution is 2.20. The fraction of sp³-hybridized carbons (Fsp3) is 0.462. The summed E-state index contributed by atoms with van der Waals surface area (Å²) in [6.07, 6.45) is 1.81. The molecule has 0 spiro atoms. The van der Waals surface area contributed by atoms with E-state index in [0.29, 0.717) is 12.1 Å². The van der Waals surface area contributed by atoms with Gasteiger partial charge in [-0.3, -0.25) is 4.79 Å². The Hall–Kier alpha value is -1.05. The van der Waals surface area contributed by atoms with Crippen molar-refractivity contribution in [1.29, 1.82) is 0 Å². The number of carboxylic acids is 1. The summed E-state index contributed by atoms with van der Waals surface area (Å²) in [6.45, 7) is 4.24. The average molecular weight is 317 g/mol. The van der Waals surface area contributed by atoms with Crippen LogP contribution in [0.25, 0.3) is 0 Å². The molecule has 0 heterocycles. The molecule has 1 aromatic carbocycles. The molecule has 0 aliphatic heterocycles. The van der Waals surface area contributed by atoms with Gasteiger partial charge in [0.05, 0.1) is 11.3 Å². The van der Waals surface area contributed by atoms with E-state index < -0.39 is 16.0 Å². The minimum atomic E-state index is -3.56. The lowest BCUT2D eigenvalue weighted by Gasteiger charge is -2.22. The number of hydrogen-bond donors (Lipinski definition) is 2. The molecular weight excluding hydrogens is 298 g/mol. The minimum absolute atomic E-state index is 0.118. The molecule has 1 rings (SSSR count). The number of sulfonamides is 1. The molecule has 0 bridgehead atoms. The highest BCUT2D eigenvalue weighted by Gasteiger charge is 2.21. The third kappa shape index (κ3) is 5.15. The van der Waals surface area contributed by atoms with Gasteiger partial charge in [0.25, 0.3) is 0 Å². The number of rotatable bonds is 7. The fourth-order valence-electron chi connectivity index (χ4n) is 1.39. The van der Waals surface area contributed by atoms with Crippen LogP contribution in [0.4, 0.5) is 0 Å². The van der Waals surface area contributed by atoms with Crippen LogP contribution in [0.2, 0.25) is 0 Å². The second-order valence-corrected chi connectivity index (χ2v) is 8.28. The van der Waals surface area contributed by atoms with Crippen LogP contribution in [0.5, 0.6) is 0 Å². The van der Waals surface area contributed by atoms with Crippen LogP contribution in [0.15, 0.2) is 29.2 Å². The fourth-order valence-corrected chi connectivity index (χ4v) is 2.91. The largest absolute Gasteiger partial charge is 0.481 e. The minimum Gasteiger partial charge on any atom is -0.481 e. The predicted octanol–water partition coefficient (Wildman–Crippen LogP) is 1.73. The summed E-state index contributed by atoms with van der Waals surface area (Å²) in [5, 5.41) is 8.66. The second kappa shape index (κ2) is 6.60. The molecule has 0 saturated heterocycles. The molecule has 112 valence electrons. The summed E-state index contributed by atoms with van der Waals surface area (Å²) < 4.78 is 26.6.